The van der Waals surface area contributed by atoms with Gasteiger partial charge in [0.2, 0.25) is 5.91 Å². The summed E-state index contributed by atoms with van der Waals surface area (Å²) in [7, 11) is 0. The highest BCUT2D eigenvalue weighted by atomic mass is 16.3. The highest BCUT2D eigenvalue weighted by Crippen LogP contribution is 2.19. The van der Waals surface area contributed by atoms with Gasteiger partial charge in [0.1, 0.15) is 12.2 Å². The SMILES string of the molecule is CCCCCCCCCCCCCCCCCCCCCCCCCCCCCCCC(O)C(=O)NC(CO)C(O)C(O)CCCCCCCCCCCCCCCCCCCCC. The van der Waals surface area contributed by atoms with Crippen LogP contribution in [0.4, 0.5) is 0 Å². The normalized spacial score (nSPS) is 13.7. The van der Waals surface area contributed by atoms with E-state index in [1.165, 1.54) is 270 Å². The third-order valence-electron chi connectivity index (χ3n) is 14.3. The molecule has 0 aromatic heterocycles. The maximum Gasteiger partial charge on any atom is 0.249 e. The van der Waals surface area contributed by atoms with Crippen molar-refractivity contribution in [2.75, 3.05) is 6.61 Å². The van der Waals surface area contributed by atoms with Crippen molar-refractivity contribution in [3.63, 3.8) is 0 Å². The zero-order valence-corrected chi connectivity index (χ0v) is 43.6. The van der Waals surface area contributed by atoms with E-state index < -0.39 is 36.9 Å². The van der Waals surface area contributed by atoms with Crippen molar-refractivity contribution in [1.29, 1.82) is 0 Å². The predicted octanol–water partition coefficient (Wildman–Crippen LogP) is 17.1. The molecule has 4 unspecified atom stereocenters. The summed E-state index contributed by atoms with van der Waals surface area (Å²) in [5.74, 6) is -0.575. The summed E-state index contributed by atoms with van der Waals surface area (Å²) in [6.07, 6.45) is 61.8. The van der Waals surface area contributed by atoms with Gasteiger partial charge < -0.3 is 25.7 Å². The number of nitrogens with one attached hydrogen (secondary N) is 1. The largest absolute Gasteiger partial charge is 0.394 e. The van der Waals surface area contributed by atoms with Crippen LogP contribution < -0.4 is 5.32 Å². The van der Waals surface area contributed by atoms with Crippen molar-refractivity contribution in [3.8, 4) is 0 Å². The average Bonchev–Trinajstić information content (AvgIpc) is 3.30. The van der Waals surface area contributed by atoms with E-state index in [4.69, 9.17) is 0 Å². The fourth-order valence-corrected chi connectivity index (χ4v) is 9.70. The van der Waals surface area contributed by atoms with Gasteiger partial charge in [0.05, 0.1) is 18.8 Å². The molecule has 0 aliphatic rings. The second kappa shape index (κ2) is 53.3. The Morgan fingerprint density at radius 3 is 0.750 bits per heavy atom. The molecular formula is C58H117NO5. The first-order valence-electron chi connectivity index (χ1n) is 29.4. The van der Waals surface area contributed by atoms with E-state index in [1.54, 1.807) is 0 Å². The molecule has 0 rings (SSSR count). The summed E-state index contributed by atoms with van der Waals surface area (Å²) in [4.78, 5) is 12.6. The fraction of sp³-hybridized carbons (Fsp3) is 0.983. The minimum Gasteiger partial charge on any atom is -0.394 e. The van der Waals surface area contributed by atoms with Crippen molar-refractivity contribution < 1.29 is 25.2 Å². The number of hydrogen-bond acceptors (Lipinski definition) is 5. The van der Waals surface area contributed by atoms with E-state index >= 15 is 0 Å². The quantitative estimate of drug-likeness (QED) is 0.0391. The Kier molecular flexibility index (Phi) is 52.7. The van der Waals surface area contributed by atoms with E-state index in [0.717, 1.165) is 38.5 Å². The first kappa shape index (κ1) is 63.3. The topological polar surface area (TPSA) is 110 Å². The van der Waals surface area contributed by atoms with E-state index in [2.05, 4.69) is 19.2 Å². The Bertz CT molecular complexity index is 887. The van der Waals surface area contributed by atoms with Gasteiger partial charge >= 0.3 is 0 Å². The number of aliphatic hydroxyl groups excluding tert-OH is 4. The van der Waals surface area contributed by atoms with Gasteiger partial charge in [-0.15, -0.1) is 0 Å². The molecule has 384 valence electrons. The van der Waals surface area contributed by atoms with Crippen molar-refractivity contribution >= 4 is 5.91 Å². The number of carbonyl (C=O) groups excluding carboxylic acids is 1. The van der Waals surface area contributed by atoms with Crippen LogP contribution in [0.2, 0.25) is 0 Å². The molecular weight excluding hydrogens is 791 g/mol. The third-order valence-corrected chi connectivity index (χ3v) is 14.3. The van der Waals surface area contributed by atoms with Crippen molar-refractivity contribution in [2.45, 2.75) is 359 Å². The molecule has 4 atom stereocenters. The molecule has 0 heterocycles. The lowest BCUT2D eigenvalue weighted by molar-refractivity contribution is -0.132. The molecule has 0 radical (unpaired) electrons. The van der Waals surface area contributed by atoms with Gasteiger partial charge in [-0.2, -0.15) is 0 Å². The third kappa shape index (κ3) is 46.4. The van der Waals surface area contributed by atoms with E-state index in [-0.39, 0.29) is 0 Å². The van der Waals surface area contributed by atoms with E-state index in [0.29, 0.717) is 12.8 Å². The number of unbranched alkanes of at least 4 members (excludes halogenated alkanes) is 46. The first-order valence-corrected chi connectivity index (χ1v) is 29.4. The second-order valence-electron chi connectivity index (χ2n) is 20.7. The van der Waals surface area contributed by atoms with Gasteiger partial charge in [-0.05, 0) is 12.8 Å². The summed E-state index contributed by atoms with van der Waals surface area (Å²) in [5.41, 5.74) is 0. The predicted molar refractivity (Wildman–Crippen MR) is 279 cm³/mol. The summed E-state index contributed by atoms with van der Waals surface area (Å²) in [5, 5.41) is 44.0. The smallest absolute Gasteiger partial charge is 0.249 e. The van der Waals surface area contributed by atoms with E-state index in [1.807, 2.05) is 0 Å². The molecule has 0 bridgehead atoms. The lowest BCUT2D eigenvalue weighted by atomic mass is 9.99. The molecule has 0 saturated heterocycles. The lowest BCUT2D eigenvalue weighted by Gasteiger charge is -2.27. The van der Waals surface area contributed by atoms with Crippen LogP contribution in [-0.4, -0.2) is 57.3 Å². The average molecular weight is 909 g/mol. The number of rotatable bonds is 55. The minimum absolute atomic E-state index is 0.376. The molecule has 0 saturated carbocycles. The van der Waals surface area contributed by atoms with Gasteiger partial charge in [-0.25, -0.2) is 0 Å². The van der Waals surface area contributed by atoms with Gasteiger partial charge in [-0.3, -0.25) is 4.79 Å². The Labute approximate surface area is 400 Å². The highest BCUT2D eigenvalue weighted by Gasteiger charge is 2.28. The molecule has 6 nitrogen and oxygen atoms in total. The molecule has 1 amide bonds. The number of amides is 1. The standard InChI is InChI=1S/C58H117NO5/c1-3-5-7-9-11-13-15-17-19-21-23-24-25-26-27-28-29-30-31-32-34-36-38-40-42-44-46-48-50-52-56(62)58(64)59-54(53-60)57(63)55(61)51-49-47-45-43-41-39-37-35-33-22-20-18-16-14-12-10-8-6-4-2/h54-57,60-63H,3-53H2,1-2H3,(H,59,64). The molecule has 0 spiro atoms. The Hall–Kier alpha value is -0.690. The molecule has 64 heavy (non-hydrogen) atoms. The fourth-order valence-electron chi connectivity index (χ4n) is 9.70. The van der Waals surface area contributed by atoms with Crippen LogP contribution in [-0.2, 0) is 4.79 Å². The van der Waals surface area contributed by atoms with Crippen molar-refractivity contribution in [3.05, 3.63) is 0 Å². The molecule has 6 heteroatoms. The molecule has 0 aromatic carbocycles. The van der Waals surface area contributed by atoms with Crippen LogP contribution in [0.5, 0.6) is 0 Å². The summed E-state index contributed by atoms with van der Waals surface area (Å²) in [6.45, 7) is 4.10. The minimum atomic E-state index is -1.25. The van der Waals surface area contributed by atoms with Gasteiger partial charge in [0, 0.05) is 0 Å². The van der Waals surface area contributed by atoms with Crippen molar-refractivity contribution in [1.82, 2.24) is 5.32 Å². The maximum atomic E-state index is 12.6. The monoisotopic (exact) mass is 908 g/mol. The number of aliphatic hydroxyl groups is 4. The zero-order valence-electron chi connectivity index (χ0n) is 43.6. The summed E-state index contributed by atoms with van der Waals surface area (Å²) < 4.78 is 0. The van der Waals surface area contributed by atoms with Crippen LogP contribution in [0.25, 0.3) is 0 Å². The molecule has 0 fully saturated rings. The Balaban J connectivity index is 3.55. The number of carbonyl (C=O) groups is 1. The molecule has 5 N–H and O–H groups in total. The summed E-state index contributed by atoms with van der Waals surface area (Å²) >= 11 is 0. The van der Waals surface area contributed by atoms with Crippen LogP contribution >= 0.6 is 0 Å². The van der Waals surface area contributed by atoms with E-state index in [9.17, 15) is 25.2 Å². The van der Waals surface area contributed by atoms with Crippen LogP contribution in [0.3, 0.4) is 0 Å². The maximum absolute atomic E-state index is 12.6. The second-order valence-corrected chi connectivity index (χ2v) is 20.7. The molecule has 0 aliphatic heterocycles. The van der Waals surface area contributed by atoms with Gasteiger partial charge in [0.15, 0.2) is 0 Å². The van der Waals surface area contributed by atoms with Gasteiger partial charge in [-0.1, -0.05) is 322 Å². The highest BCUT2D eigenvalue weighted by molar-refractivity contribution is 5.80. The zero-order chi connectivity index (χ0) is 46.7. The lowest BCUT2D eigenvalue weighted by Crippen LogP contribution is -2.53. The first-order chi connectivity index (χ1) is 31.5. The molecule has 0 aromatic rings. The Morgan fingerprint density at radius 1 is 0.328 bits per heavy atom. The summed E-state index contributed by atoms with van der Waals surface area (Å²) in [6, 6.07) is -0.981. The van der Waals surface area contributed by atoms with Crippen molar-refractivity contribution in [2.24, 2.45) is 0 Å². The van der Waals surface area contributed by atoms with Crippen LogP contribution in [0.15, 0.2) is 0 Å². The van der Waals surface area contributed by atoms with Crippen LogP contribution in [0.1, 0.15) is 335 Å². The number of hydrogen-bond donors (Lipinski definition) is 5. The van der Waals surface area contributed by atoms with Gasteiger partial charge in [0.25, 0.3) is 0 Å². The van der Waals surface area contributed by atoms with Crippen LogP contribution in [0, 0.1) is 0 Å². The Morgan fingerprint density at radius 2 is 0.531 bits per heavy atom. The molecule has 0 aliphatic carbocycles.